The van der Waals surface area contributed by atoms with Crippen molar-refractivity contribution in [2.75, 3.05) is 6.61 Å². The van der Waals surface area contributed by atoms with Crippen molar-refractivity contribution in [3.63, 3.8) is 0 Å². The van der Waals surface area contributed by atoms with E-state index in [2.05, 4.69) is 5.32 Å². The molecule has 5 nitrogen and oxygen atoms in total. The SMILES string of the molecule is Cc1cc(OCC(=O)N(Cc2ccc(Cl)c(Cl)c2)[C@@H](Cc2ccccc2)C(=O)NC2CCCCC2)cc(C)c1Cl. The summed E-state index contributed by atoms with van der Waals surface area (Å²) in [6, 6.07) is 18.0. The molecule has 212 valence electrons. The summed E-state index contributed by atoms with van der Waals surface area (Å²) in [6.45, 7) is 3.73. The molecule has 0 saturated heterocycles. The fraction of sp³-hybridized carbons (Fsp3) is 0.375. The zero-order chi connectivity index (χ0) is 28.6. The molecule has 0 bridgehead atoms. The van der Waals surface area contributed by atoms with Gasteiger partial charge >= 0.3 is 0 Å². The first-order chi connectivity index (χ1) is 19.2. The van der Waals surface area contributed by atoms with E-state index in [-0.39, 0.29) is 31.0 Å². The largest absolute Gasteiger partial charge is 0.484 e. The number of aryl methyl sites for hydroxylation is 2. The highest BCUT2D eigenvalue weighted by Crippen LogP contribution is 2.27. The third-order valence-corrected chi connectivity index (χ3v) is 8.67. The number of carbonyl (C=O) groups is 2. The lowest BCUT2D eigenvalue weighted by Gasteiger charge is -2.33. The van der Waals surface area contributed by atoms with Crippen molar-refractivity contribution in [2.24, 2.45) is 0 Å². The normalized spacial score (nSPS) is 14.4. The molecule has 8 heteroatoms. The Morgan fingerprint density at radius 1 is 0.900 bits per heavy atom. The van der Waals surface area contributed by atoms with Crippen LogP contribution in [0.3, 0.4) is 0 Å². The standard InChI is InChI=1S/C32H35Cl3N2O3/c1-21-15-26(16-22(2)31(21)35)40-20-30(38)37(19-24-13-14-27(33)28(34)17-24)29(18-23-9-5-3-6-10-23)32(39)36-25-11-7-4-8-12-25/h3,5-6,9-10,13-17,25,29H,4,7-8,11-12,18-20H2,1-2H3,(H,36,39)/t29-/m0/s1. The van der Waals surface area contributed by atoms with E-state index in [1.165, 1.54) is 6.42 Å². The van der Waals surface area contributed by atoms with Crippen molar-refractivity contribution >= 4 is 46.6 Å². The van der Waals surface area contributed by atoms with E-state index in [0.717, 1.165) is 47.9 Å². The lowest BCUT2D eigenvalue weighted by Crippen LogP contribution is -2.53. The number of amides is 2. The Kier molecular flexibility index (Phi) is 10.8. The van der Waals surface area contributed by atoms with Gasteiger partial charge in [-0.3, -0.25) is 9.59 Å². The first kappa shape index (κ1) is 30.2. The van der Waals surface area contributed by atoms with Gasteiger partial charge in [-0.15, -0.1) is 0 Å². The van der Waals surface area contributed by atoms with E-state index in [1.807, 2.05) is 62.4 Å². The molecule has 1 atom stereocenters. The van der Waals surface area contributed by atoms with E-state index in [4.69, 9.17) is 39.5 Å². The Morgan fingerprint density at radius 2 is 1.57 bits per heavy atom. The minimum Gasteiger partial charge on any atom is -0.484 e. The maximum absolute atomic E-state index is 13.9. The van der Waals surface area contributed by atoms with Gasteiger partial charge in [0.2, 0.25) is 5.91 Å². The minimum absolute atomic E-state index is 0.109. The summed E-state index contributed by atoms with van der Waals surface area (Å²) < 4.78 is 5.95. The van der Waals surface area contributed by atoms with Gasteiger partial charge in [-0.05, 0) is 73.2 Å². The average Bonchev–Trinajstić information content (AvgIpc) is 2.95. The van der Waals surface area contributed by atoms with Crippen LogP contribution in [0.25, 0.3) is 0 Å². The molecule has 1 saturated carbocycles. The summed E-state index contributed by atoms with van der Waals surface area (Å²) in [6.07, 6.45) is 5.63. The van der Waals surface area contributed by atoms with Gasteiger partial charge in [0.25, 0.3) is 5.91 Å². The van der Waals surface area contributed by atoms with Crippen LogP contribution in [-0.2, 0) is 22.6 Å². The molecule has 0 radical (unpaired) electrons. The molecule has 0 aromatic heterocycles. The smallest absolute Gasteiger partial charge is 0.261 e. The zero-order valence-corrected chi connectivity index (χ0v) is 25.2. The first-order valence-electron chi connectivity index (χ1n) is 13.7. The summed E-state index contributed by atoms with van der Waals surface area (Å²) in [5.41, 5.74) is 3.46. The third kappa shape index (κ3) is 8.15. The number of halogens is 3. The highest BCUT2D eigenvalue weighted by atomic mass is 35.5. The number of hydrogen-bond donors (Lipinski definition) is 1. The van der Waals surface area contributed by atoms with Gasteiger partial charge in [0.05, 0.1) is 10.0 Å². The summed E-state index contributed by atoms with van der Waals surface area (Å²) in [5.74, 6) is 0.0758. The van der Waals surface area contributed by atoms with Crippen molar-refractivity contribution in [1.82, 2.24) is 10.2 Å². The van der Waals surface area contributed by atoms with Crippen LogP contribution in [0.1, 0.15) is 54.4 Å². The molecular weight excluding hydrogens is 567 g/mol. The quantitative estimate of drug-likeness (QED) is 0.259. The molecule has 0 aliphatic heterocycles. The molecule has 0 unspecified atom stereocenters. The summed E-state index contributed by atoms with van der Waals surface area (Å²) in [5, 5.41) is 4.73. The second-order valence-electron chi connectivity index (χ2n) is 10.5. The number of benzene rings is 3. The third-order valence-electron chi connectivity index (χ3n) is 7.33. The number of rotatable bonds is 10. The molecule has 2 amide bonds. The van der Waals surface area contributed by atoms with Gasteiger partial charge < -0.3 is 15.0 Å². The second kappa shape index (κ2) is 14.2. The Bertz CT molecular complexity index is 1300. The van der Waals surface area contributed by atoms with Gasteiger partial charge in [-0.2, -0.15) is 0 Å². The molecule has 1 aliphatic carbocycles. The predicted molar refractivity (Wildman–Crippen MR) is 162 cm³/mol. The highest BCUT2D eigenvalue weighted by molar-refractivity contribution is 6.42. The van der Waals surface area contributed by atoms with Gasteiger partial charge in [0.15, 0.2) is 6.61 Å². The number of hydrogen-bond acceptors (Lipinski definition) is 3. The van der Waals surface area contributed by atoms with Gasteiger partial charge in [-0.25, -0.2) is 0 Å². The lowest BCUT2D eigenvalue weighted by molar-refractivity contribution is -0.143. The van der Waals surface area contributed by atoms with Crippen molar-refractivity contribution in [3.8, 4) is 5.75 Å². The fourth-order valence-electron chi connectivity index (χ4n) is 5.15. The fourth-order valence-corrected chi connectivity index (χ4v) is 5.58. The Morgan fingerprint density at radius 3 is 2.23 bits per heavy atom. The van der Waals surface area contributed by atoms with Gasteiger partial charge in [0.1, 0.15) is 11.8 Å². The number of ether oxygens (including phenoxy) is 1. The number of carbonyl (C=O) groups excluding carboxylic acids is 2. The van der Waals surface area contributed by atoms with E-state index in [0.29, 0.717) is 27.2 Å². The number of nitrogens with one attached hydrogen (secondary N) is 1. The second-order valence-corrected chi connectivity index (χ2v) is 11.7. The van der Waals surface area contributed by atoms with E-state index < -0.39 is 6.04 Å². The Balaban J connectivity index is 1.64. The van der Waals surface area contributed by atoms with Crippen LogP contribution in [0.2, 0.25) is 15.1 Å². The van der Waals surface area contributed by atoms with E-state index in [1.54, 1.807) is 17.0 Å². The topological polar surface area (TPSA) is 58.6 Å². The molecule has 40 heavy (non-hydrogen) atoms. The maximum atomic E-state index is 13.9. The van der Waals surface area contributed by atoms with E-state index >= 15 is 0 Å². The summed E-state index contributed by atoms with van der Waals surface area (Å²) >= 11 is 18.8. The van der Waals surface area contributed by atoms with Gasteiger partial charge in [0, 0.05) is 24.0 Å². The van der Waals surface area contributed by atoms with Crippen LogP contribution >= 0.6 is 34.8 Å². The zero-order valence-electron chi connectivity index (χ0n) is 22.9. The first-order valence-corrected chi connectivity index (χ1v) is 14.8. The molecule has 3 aromatic rings. The molecule has 1 aliphatic rings. The molecule has 3 aromatic carbocycles. The Labute approximate surface area is 251 Å². The van der Waals surface area contributed by atoms with Crippen LogP contribution in [-0.4, -0.2) is 35.4 Å². The highest BCUT2D eigenvalue weighted by Gasteiger charge is 2.32. The van der Waals surface area contributed by atoms with E-state index in [9.17, 15) is 9.59 Å². The monoisotopic (exact) mass is 600 g/mol. The van der Waals surface area contributed by atoms with Crippen LogP contribution in [0.5, 0.6) is 5.75 Å². The van der Waals surface area contributed by atoms with Crippen molar-refractivity contribution in [2.45, 2.75) is 71.0 Å². The molecule has 0 spiro atoms. The number of nitrogens with zero attached hydrogens (tertiary/aromatic N) is 1. The predicted octanol–water partition coefficient (Wildman–Crippen LogP) is 7.73. The molecule has 4 rings (SSSR count). The van der Waals surface area contributed by atoms with Crippen molar-refractivity contribution < 1.29 is 14.3 Å². The lowest BCUT2D eigenvalue weighted by atomic mass is 9.94. The summed E-state index contributed by atoms with van der Waals surface area (Å²) in [7, 11) is 0. The molecule has 1 N–H and O–H groups in total. The molecular formula is C32H35Cl3N2O3. The van der Waals surface area contributed by atoms with Gasteiger partial charge in [-0.1, -0.05) is 90.5 Å². The minimum atomic E-state index is -0.747. The molecule has 0 heterocycles. The maximum Gasteiger partial charge on any atom is 0.261 e. The Hall–Kier alpha value is -2.73. The van der Waals surface area contributed by atoms with Crippen molar-refractivity contribution in [1.29, 1.82) is 0 Å². The molecule has 1 fully saturated rings. The van der Waals surface area contributed by atoms with Crippen LogP contribution in [0.15, 0.2) is 60.7 Å². The van der Waals surface area contributed by atoms with Crippen LogP contribution in [0, 0.1) is 13.8 Å². The summed E-state index contributed by atoms with van der Waals surface area (Å²) in [4.78, 5) is 29.3. The average molecular weight is 602 g/mol. The van der Waals surface area contributed by atoms with Crippen molar-refractivity contribution in [3.05, 3.63) is 98.0 Å². The van der Waals surface area contributed by atoms with Crippen LogP contribution in [0.4, 0.5) is 0 Å². The van der Waals surface area contributed by atoms with Crippen LogP contribution < -0.4 is 10.1 Å².